The van der Waals surface area contributed by atoms with E-state index in [9.17, 15) is 9.90 Å². The Morgan fingerprint density at radius 1 is 1.12 bits per heavy atom. The molecule has 0 unspecified atom stereocenters. The molecule has 4 heteroatoms. The summed E-state index contributed by atoms with van der Waals surface area (Å²) in [4.78, 5) is 10.9. The van der Waals surface area contributed by atoms with Crippen LogP contribution in [0.15, 0.2) is 36.5 Å². The maximum Gasteiger partial charge on any atom is 0.305 e. The number of carbonyl (C=O) groups is 1. The first kappa shape index (κ1) is 21.7. The first-order valence-corrected chi connectivity index (χ1v) is 9.56. The van der Waals surface area contributed by atoms with Crippen molar-refractivity contribution >= 4 is 5.97 Å². The highest BCUT2D eigenvalue weighted by molar-refractivity contribution is 5.69. The third kappa shape index (κ3) is 11.0. The maximum absolute atomic E-state index is 10.9. The second-order valence-electron chi connectivity index (χ2n) is 6.44. The molecule has 25 heavy (non-hydrogen) atoms. The molecule has 1 rings (SSSR count). The molecule has 0 saturated carbocycles. The predicted molar refractivity (Wildman–Crippen MR) is 101 cm³/mol. The van der Waals surface area contributed by atoms with Crippen LogP contribution < -0.4 is 0 Å². The molecule has 0 aromatic rings. The Kier molecular flexibility index (Phi) is 12.0. The molecular weight excluding hydrogens is 316 g/mol. The van der Waals surface area contributed by atoms with Crippen molar-refractivity contribution < 1.29 is 19.4 Å². The second kappa shape index (κ2) is 13.9. The predicted octanol–water partition coefficient (Wildman–Crippen LogP) is 4.49. The number of unbranched alkanes of at least 4 members (excludes halogenated alkanes) is 4. The minimum absolute atomic E-state index is 0.0550. The van der Waals surface area contributed by atoms with Crippen molar-refractivity contribution in [1.82, 2.24) is 0 Å². The summed E-state index contributed by atoms with van der Waals surface area (Å²) in [7, 11) is 1.41. The number of epoxide rings is 1. The van der Waals surface area contributed by atoms with Gasteiger partial charge in [-0.05, 0) is 38.5 Å². The third-order valence-electron chi connectivity index (χ3n) is 4.22. The number of aliphatic hydroxyl groups is 1. The van der Waals surface area contributed by atoms with Crippen molar-refractivity contribution in [1.29, 1.82) is 0 Å². The van der Waals surface area contributed by atoms with Crippen LogP contribution in [0.2, 0.25) is 0 Å². The molecule has 0 bridgehead atoms. The molecule has 1 aliphatic rings. The van der Waals surface area contributed by atoms with Crippen LogP contribution in [0.3, 0.4) is 0 Å². The third-order valence-corrected chi connectivity index (χ3v) is 4.22. The molecule has 1 saturated heterocycles. The lowest BCUT2D eigenvalue weighted by molar-refractivity contribution is -0.140. The van der Waals surface area contributed by atoms with E-state index in [1.807, 2.05) is 18.2 Å². The van der Waals surface area contributed by atoms with E-state index < -0.39 is 6.10 Å². The number of carbonyl (C=O) groups excluding carboxylic acids is 1. The van der Waals surface area contributed by atoms with Crippen molar-refractivity contribution in [3.63, 3.8) is 0 Å². The van der Waals surface area contributed by atoms with Crippen LogP contribution in [-0.4, -0.2) is 36.5 Å². The number of ether oxygens (including phenoxy) is 2. The monoisotopic (exact) mass is 350 g/mol. The molecular formula is C21H34O4. The van der Waals surface area contributed by atoms with Crippen molar-refractivity contribution in [2.75, 3.05) is 7.11 Å². The molecule has 0 aromatic carbocycles. The van der Waals surface area contributed by atoms with Crippen LogP contribution in [-0.2, 0) is 14.3 Å². The minimum Gasteiger partial charge on any atom is -0.469 e. The Hall–Kier alpha value is -1.39. The summed E-state index contributed by atoms with van der Waals surface area (Å²) >= 11 is 0. The Bertz CT molecular complexity index is 439. The van der Waals surface area contributed by atoms with E-state index in [4.69, 9.17) is 4.74 Å². The van der Waals surface area contributed by atoms with Crippen LogP contribution in [0.25, 0.3) is 0 Å². The van der Waals surface area contributed by atoms with Crippen molar-refractivity contribution in [2.24, 2.45) is 0 Å². The van der Waals surface area contributed by atoms with Crippen LogP contribution in [0, 0.1) is 0 Å². The normalized spacial score (nSPS) is 21.4. The zero-order valence-corrected chi connectivity index (χ0v) is 15.7. The highest BCUT2D eigenvalue weighted by Crippen LogP contribution is 2.29. The molecule has 0 radical (unpaired) electrons. The molecule has 0 amide bonds. The standard InChI is InChI=1S/C21H34O4/c1-3-4-5-6-10-13-16-19-21(25-19)18(22)15-12-9-7-8-11-14-17-20(23)24-2/h7-8,10,12-13,15,18-19,21-22H,3-6,9,11,14,16-17H2,1-2H3/b8-7-,13-10-,15-12-/t18-,19+,21+/m1/s1. The van der Waals surface area contributed by atoms with Gasteiger partial charge in [0.1, 0.15) is 12.2 Å². The summed E-state index contributed by atoms with van der Waals surface area (Å²) in [6, 6.07) is 0. The van der Waals surface area contributed by atoms with Gasteiger partial charge in [0, 0.05) is 6.42 Å². The fourth-order valence-electron chi connectivity index (χ4n) is 2.59. The summed E-state index contributed by atoms with van der Waals surface area (Å²) in [5.74, 6) is -0.161. The average Bonchev–Trinajstić information content (AvgIpc) is 3.39. The maximum atomic E-state index is 10.9. The Morgan fingerprint density at radius 2 is 1.88 bits per heavy atom. The molecule has 1 N–H and O–H groups in total. The van der Waals surface area contributed by atoms with Gasteiger partial charge in [0.25, 0.3) is 0 Å². The van der Waals surface area contributed by atoms with Crippen LogP contribution in [0.4, 0.5) is 0 Å². The summed E-state index contributed by atoms with van der Waals surface area (Å²) in [5.41, 5.74) is 0. The fraction of sp³-hybridized carbons (Fsp3) is 0.667. The highest BCUT2D eigenvalue weighted by Gasteiger charge is 2.42. The highest BCUT2D eigenvalue weighted by atomic mass is 16.6. The first-order valence-electron chi connectivity index (χ1n) is 9.56. The van der Waals surface area contributed by atoms with Crippen LogP contribution >= 0.6 is 0 Å². The molecule has 1 heterocycles. The van der Waals surface area contributed by atoms with Crippen LogP contribution in [0.5, 0.6) is 0 Å². The van der Waals surface area contributed by atoms with Gasteiger partial charge in [-0.1, -0.05) is 56.2 Å². The van der Waals surface area contributed by atoms with Crippen molar-refractivity contribution in [3.8, 4) is 0 Å². The van der Waals surface area contributed by atoms with E-state index in [1.54, 1.807) is 0 Å². The van der Waals surface area contributed by atoms with Gasteiger partial charge in [0.2, 0.25) is 0 Å². The average molecular weight is 350 g/mol. The number of esters is 1. The molecule has 142 valence electrons. The number of allylic oxidation sites excluding steroid dienone is 4. The van der Waals surface area contributed by atoms with E-state index in [0.29, 0.717) is 6.42 Å². The smallest absolute Gasteiger partial charge is 0.305 e. The Balaban J connectivity index is 2.04. The van der Waals surface area contributed by atoms with Gasteiger partial charge in [-0.25, -0.2) is 0 Å². The second-order valence-corrected chi connectivity index (χ2v) is 6.44. The van der Waals surface area contributed by atoms with E-state index in [1.165, 1.54) is 26.4 Å². The zero-order valence-electron chi connectivity index (χ0n) is 15.7. The summed E-state index contributed by atoms with van der Waals surface area (Å²) in [5, 5.41) is 10.0. The van der Waals surface area contributed by atoms with E-state index in [-0.39, 0.29) is 18.2 Å². The summed E-state index contributed by atoms with van der Waals surface area (Å²) < 4.78 is 10.1. The lowest BCUT2D eigenvalue weighted by Gasteiger charge is -1.99. The lowest BCUT2D eigenvalue weighted by atomic mass is 10.1. The largest absolute Gasteiger partial charge is 0.469 e. The summed E-state index contributed by atoms with van der Waals surface area (Å²) in [6.45, 7) is 2.21. The Morgan fingerprint density at radius 3 is 2.64 bits per heavy atom. The SMILES string of the molecule is CCCCC/C=C\C[C@@H]1O[C@H]1[C@H](O)/C=C\C/C=C\CCCC(=O)OC. The zero-order chi connectivity index (χ0) is 18.3. The van der Waals surface area contributed by atoms with Gasteiger partial charge >= 0.3 is 5.97 Å². The molecule has 4 nitrogen and oxygen atoms in total. The first-order chi connectivity index (χ1) is 12.2. The van der Waals surface area contributed by atoms with Crippen molar-refractivity contribution in [3.05, 3.63) is 36.5 Å². The number of hydrogen-bond donors (Lipinski definition) is 1. The number of methoxy groups -OCH3 is 1. The van der Waals surface area contributed by atoms with Gasteiger partial charge < -0.3 is 14.6 Å². The molecule has 0 aromatic heterocycles. The quantitative estimate of drug-likeness (QED) is 0.217. The topological polar surface area (TPSA) is 59.1 Å². The minimum atomic E-state index is -0.522. The number of rotatable bonds is 14. The van der Waals surface area contributed by atoms with Crippen LogP contribution in [0.1, 0.15) is 64.7 Å². The lowest BCUT2D eigenvalue weighted by Crippen LogP contribution is -2.13. The van der Waals surface area contributed by atoms with E-state index in [0.717, 1.165) is 32.1 Å². The molecule has 3 atom stereocenters. The van der Waals surface area contributed by atoms with Gasteiger partial charge in [0.05, 0.1) is 13.2 Å². The van der Waals surface area contributed by atoms with Gasteiger partial charge in [0.15, 0.2) is 0 Å². The van der Waals surface area contributed by atoms with Gasteiger partial charge in [-0.3, -0.25) is 4.79 Å². The van der Waals surface area contributed by atoms with E-state index in [2.05, 4.69) is 29.9 Å². The van der Waals surface area contributed by atoms with E-state index >= 15 is 0 Å². The van der Waals surface area contributed by atoms with Crippen molar-refractivity contribution in [2.45, 2.75) is 83.0 Å². The summed E-state index contributed by atoms with van der Waals surface area (Å²) in [6.07, 6.45) is 20.6. The number of hydrogen-bond acceptors (Lipinski definition) is 4. The molecule has 1 aliphatic heterocycles. The molecule has 0 spiro atoms. The number of aliphatic hydroxyl groups excluding tert-OH is 1. The fourth-order valence-corrected chi connectivity index (χ4v) is 2.59. The molecule has 0 aliphatic carbocycles. The van der Waals surface area contributed by atoms with Gasteiger partial charge in [-0.15, -0.1) is 0 Å². The molecule has 1 fully saturated rings. The Labute approximate surface area is 152 Å². The van der Waals surface area contributed by atoms with Gasteiger partial charge in [-0.2, -0.15) is 0 Å².